The zero-order valence-electron chi connectivity index (χ0n) is 39.2. The van der Waals surface area contributed by atoms with Crippen LogP contribution >= 0.6 is 0 Å². The summed E-state index contributed by atoms with van der Waals surface area (Å²) >= 11 is 0. The maximum atomic E-state index is 14.5. The molecule has 3 heterocycles. The van der Waals surface area contributed by atoms with Gasteiger partial charge in [0.2, 0.25) is 35.4 Å². The van der Waals surface area contributed by atoms with E-state index >= 15 is 0 Å². The van der Waals surface area contributed by atoms with E-state index in [0.717, 1.165) is 15.4 Å². The van der Waals surface area contributed by atoms with Crippen LogP contribution in [-0.4, -0.2) is 193 Å². The number of aliphatic hydroxyl groups is 5. The monoisotopic (exact) mass is 989 g/mol. The molecule has 0 bridgehead atoms. The molecule has 0 aliphatic carbocycles. The second-order valence-electron chi connectivity index (χ2n) is 18.3. The Bertz CT molecular complexity index is 2370. The first kappa shape index (κ1) is 53.6. The van der Waals surface area contributed by atoms with Gasteiger partial charge >= 0.3 is 0 Å². The summed E-state index contributed by atoms with van der Waals surface area (Å²) in [6.45, 7) is 0.979. The molecule has 23 nitrogen and oxygen atoms in total. The van der Waals surface area contributed by atoms with E-state index in [9.17, 15) is 69.3 Å². The topological polar surface area (TPSA) is 366 Å². The Balaban J connectivity index is 1.37. The second kappa shape index (κ2) is 23.9. The van der Waals surface area contributed by atoms with Crippen LogP contribution in [0.5, 0.6) is 11.5 Å². The average Bonchev–Trinajstić information content (AvgIpc) is 3.89. The van der Waals surface area contributed by atoms with Crippen molar-refractivity contribution in [3.8, 4) is 22.6 Å². The number of aliphatic hydroxyl groups excluding tert-OH is 5. The number of carbonyl (C=O) groups is 7. The Morgan fingerprint density at radius 2 is 1.37 bits per heavy atom. The third-order valence-corrected chi connectivity index (χ3v) is 12.9. The predicted octanol–water partition coefficient (Wildman–Crippen LogP) is -4.10. The largest absolute Gasteiger partial charge is 0.508 e. The van der Waals surface area contributed by atoms with Crippen LogP contribution in [0.1, 0.15) is 42.6 Å². The van der Waals surface area contributed by atoms with Gasteiger partial charge in [-0.3, -0.25) is 33.6 Å². The highest BCUT2D eigenvalue weighted by Crippen LogP contribution is 2.27. The molecule has 71 heavy (non-hydrogen) atoms. The number of phenols is 2. The predicted molar refractivity (Wildman–Crippen MR) is 252 cm³/mol. The minimum atomic E-state index is -1.91. The van der Waals surface area contributed by atoms with Gasteiger partial charge in [0.25, 0.3) is 5.91 Å². The van der Waals surface area contributed by atoms with Crippen molar-refractivity contribution in [1.82, 2.24) is 41.7 Å². The lowest BCUT2D eigenvalue weighted by atomic mass is 10.00. The number of carbonyl (C=O) groups excluding carboxylic acids is 7. The van der Waals surface area contributed by atoms with Gasteiger partial charge in [-0.2, -0.15) is 0 Å². The van der Waals surface area contributed by atoms with Crippen LogP contribution in [0.3, 0.4) is 0 Å². The van der Waals surface area contributed by atoms with Gasteiger partial charge in [0.15, 0.2) is 0 Å². The minimum Gasteiger partial charge on any atom is -0.508 e. The van der Waals surface area contributed by atoms with Crippen molar-refractivity contribution in [3.05, 3.63) is 83.9 Å². The van der Waals surface area contributed by atoms with Crippen LogP contribution in [0.4, 0.5) is 0 Å². The molecule has 7 amide bonds. The number of rotatable bonds is 11. The number of benzene rings is 3. The number of fused-ring (bicyclic) bond motifs is 2. The summed E-state index contributed by atoms with van der Waals surface area (Å²) in [5.41, 5.74) is 7.78. The molecule has 3 aromatic rings. The van der Waals surface area contributed by atoms with Crippen molar-refractivity contribution in [1.29, 1.82) is 0 Å². The summed E-state index contributed by atoms with van der Waals surface area (Å²) < 4.78 is 0. The number of nitrogens with zero attached hydrogens (tertiary/aromatic N) is 2. The Hall–Kier alpha value is -6.73. The first-order valence-electron chi connectivity index (χ1n) is 23.3. The van der Waals surface area contributed by atoms with Crippen LogP contribution in [0.15, 0.2) is 72.8 Å². The molecule has 3 fully saturated rings. The van der Waals surface area contributed by atoms with Gasteiger partial charge in [-0.15, -0.1) is 0 Å². The summed E-state index contributed by atoms with van der Waals surface area (Å²) in [6, 6.07) is 7.17. The van der Waals surface area contributed by atoms with E-state index in [2.05, 4.69) is 31.9 Å². The lowest BCUT2D eigenvalue weighted by Crippen LogP contribution is -2.63. The van der Waals surface area contributed by atoms with Gasteiger partial charge in [0.1, 0.15) is 47.8 Å². The number of amides is 7. The molecule has 1 unspecified atom stereocenters. The van der Waals surface area contributed by atoms with Gasteiger partial charge < -0.3 is 83.2 Å². The number of phenolic OH excluding ortho intramolecular Hbond substituents is 2. The molecule has 0 aromatic heterocycles. The van der Waals surface area contributed by atoms with E-state index in [1.807, 2.05) is 0 Å². The van der Waals surface area contributed by atoms with Crippen molar-refractivity contribution in [2.75, 3.05) is 39.3 Å². The SMILES string of the molecule is C[C@@H](O)[C@@H]1NC(=O)[C@@H](NC(=O)c2ccc(-c3ccc(O)cc3)cc2)CC(NCCN)CNC(=O)[C@@H]2[C@@H](O)[C@@H](C)CN2C(=O)[C@H](CO)NC(=O)[C@H]([C@H](O)Cc2ccc(O)cc2)NC(=O)[C@@H]2C[C@@H](O)CN2C1=O. The molecule has 3 aliphatic heterocycles. The van der Waals surface area contributed by atoms with Gasteiger partial charge in [-0.1, -0.05) is 43.3 Å². The lowest BCUT2D eigenvalue weighted by Gasteiger charge is -2.32. The average molecular weight is 990 g/mol. The van der Waals surface area contributed by atoms with Gasteiger partial charge in [-0.05, 0) is 66.4 Å². The molecule has 3 aliphatic rings. The van der Waals surface area contributed by atoms with E-state index in [0.29, 0.717) is 11.1 Å². The molecular weight excluding hydrogens is 927 g/mol. The molecule has 0 spiro atoms. The number of aromatic hydroxyl groups is 2. The van der Waals surface area contributed by atoms with Crippen molar-refractivity contribution < 1.29 is 69.3 Å². The molecule has 0 radical (unpaired) electrons. The quantitative estimate of drug-likeness (QED) is 0.0868. The van der Waals surface area contributed by atoms with Gasteiger partial charge in [0, 0.05) is 63.1 Å². The highest BCUT2D eigenvalue weighted by Gasteiger charge is 2.48. The number of hydrogen-bond acceptors (Lipinski definition) is 16. The van der Waals surface area contributed by atoms with Crippen LogP contribution in [-0.2, 0) is 35.2 Å². The summed E-state index contributed by atoms with van der Waals surface area (Å²) in [4.78, 5) is 101. The molecule has 3 saturated heterocycles. The third kappa shape index (κ3) is 13.2. The Morgan fingerprint density at radius 1 is 0.761 bits per heavy atom. The van der Waals surface area contributed by atoms with Crippen molar-refractivity contribution in [2.24, 2.45) is 11.7 Å². The fraction of sp³-hybridized carbons (Fsp3) is 0.479. The smallest absolute Gasteiger partial charge is 0.251 e. The van der Waals surface area contributed by atoms with E-state index < -0.39 is 134 Å². The van der Waals surface area contributed by atoms with Crippen LogP contribution in [0.2, 0.25) is 0 Å². The standard InChI is InChI=1S/C48H63N9O14/c1-24-21-57-40(41(24)64)46(69)51-20-30(50-16-15-49)18-34(52-42(65)29-7-5-27(6-8-29)28-9-13-32(61)14-10-28)43(66)54-38(25(2)59)48(71)56-22-33(62)19-36(56)44(67)55-39(45(68)53-35(23-58)47(57)70)37(63)17-26-3-11-31(60)12-4-26/h3-14,24-25,30,33-41,50,58-64H,15-23,49H2,1-2H3,(H,51,69)(H,52,65)(H,53,68)(H,54,66)(H,55,67)/t24-,25+,30?,33+,34-,35-,36-,37+,38-,39-,40-,41-/m0/s1. The first-order valence-corrected chi connectivity index (χ1v) is 23.3. The molecule has 15 N–H and O–H groups in total. The van der Waals surface area contributed by atoms with Crippen molar-refractivity contribution >= 4 is 41.4 Å². The molecule has 23 heteroatoms. The second-order valence-corrected chi connectivity index (χ2v) is 18.3. The molecule has 12 atom stereocenters. The third-order valence-electron chi connectivity index (χ3n) is 12.9. The zero-order chi connectivity index (χ0) is 51.7. The van der Waals surface area contributed by atoms with E-state index in [1.54, 1.807) is 31.2 Å². The maximum absolute atomic E-state index is 14.5. The summed E-state index contributed by atoms with van der Waals surface area (Å²) in [7, 11) is 0. The van der Waals surface area contributed by atoms with Crippen LogP contribution < -0.4 is 37.6 Å². The molecule has 6 rings (SSSR count). The zero-order valence-corrected chi connectivity index (χ0v) is 39.2. The van der Waals surface area contributed by atoms with Crippen molar-refractivity contribution in [3.63, 3.8) is 0 Å². The highest BCUT2D eigenvalue weighted by atomic mass is 16.3. The maximum Gasteiger partial charge on any atom is 0.251 e. The van der Waals surface area contributed by atoms with Crippen molar-refractivity contribution in [2.45, 2.75) is 99.8 Å². The highest BCUT2D eigenvalue weighted by molar-refractivity contribution is 6.00. The normalized spacial score (nSPS) is 28.1. The molecule has 0 saturated carbocycles. The Kier molecular flexibility index (Phi) is 18.1. The minimum absolute atomic E-state index is 0.0635. The van der Waals surface area contributed by atoms with E-state index in [4.69, 9.17) is 5.73 Å². The summed E-state index contributed by atoms with van der Waals surface area (Å²) in [5.74, 6) is -7.61. The summed E-state index contributed by atoms with van der Waals surface area (Å²) in [6.07, 6.45) is -7.18. The van der Waals surface area contributed by atoms with E-state index in [-0.39, 0.29) is 56.1 Å². The lowest BCUT2D eigenvalue weighted by molar-refractivity contribution is -0.146. The number of hydrogen-bond donors (Lipinski definition) is 14. The van der Waals surface area contributed by atoms with Gasteiger partial charge in [-0.25, -0.2) is 0 Å². The fourth-order valence-electron chi connectivity index (χ4n) is 8.98. The molecule has 384 valence electrons. The van der Waals surface area contributed by atoms with Crippen LogP contribution in [0, 0.1) is 5.92 Å². The fourth-order valence-corrected chi connectivity index (χ4v) is 8.98. The Labute approximate surface area is 408 Å². The first-order chi connectivity index (χ1) is 33.8. The summed E-state index contributed by atoms with van der Waals surface area (Å²) in [5, 5.41) is 90.6. The van der Waals surface area contributed by atoms with Gasteiger partial charge in [0.05, 0.1) is 31.0 Å². The molecule has 3 aromatic carbocycles. The Morgan fingerprint density at radius 3 is 1.97 bits per heavy atom. The number of nitrogens with one attached hydrogen (secondary N) is 6. The van der Waals surface area contributed by atoms with Crippen LogP contribution in [0.25, 0.3) is 11.1 Å². The molecular formula is C48H63N9O14. The number of nitrogens with two attached hydrogens (primary N) is 1. The van der Waals surface area contributed by atoms with E-state index in [1.165, 1.54) is 55.5 Å².